The Kier molecular flexibility index (Phi) is 5.41. The molecule has 2 amide bonds. The van der Waals surface area contributed by atoms with Gasteiger partial charge in [-0.25, -0.2) is 9.59 Å². The average molecular weight is 313 g/mol. The van der Waals surface area contributed by atoms with Crippen molar-refractivity contribution in [2.24, 2.45) is 0 Å². The molecule has 1 saturated heterocycles. The second-order valence-corrected chi connectivity index (χ2v) is 5.22. The maximum atomic E-state index is 11.7. The van der Waals surface area contributed by atoms with Crippen LogP contribution in [0.25, 0.3) is 0 Å². The van der Waals surface area contributed by atoms with Crippen molar-refractivity contribution in [1.82, 2.24) is 10.6 Å². The predicted molar refractivity (Wildman–Crippen MR) is 77.2 cm³/mol. The van der Waals surface area contributed by atoms with Gasteiger partial charge in [0.15, 0.2) is 6.10 Å². The van der Waals surface area contributed by atoms with Crippen LogP contribution in [-0.4, -0.2) is 35.9 Å². The number of halogens is 1. The summed E-state index contributed by atoms with van der Waals surface area (Å²) in [5.41, 5.74) is 0.831. The van der Waals surface area contributed by atoms with Crippen LogP contribution in [0.4, 0.5) is 4.79 Å². The topological polar surface area (TPSA) is 87.7 Å². The number of rotatable bonds is 5. The molecule has 1 aliphatic heterocycles. The Morgan fingerprint density at radius 1 is 1.29 bits per heavy atom. The van der Waals surface area contributed by atoms with Crippen molar-refractivity contribution < 1.29 is 19.4 Å². The zero-order chi connectivity index (χ0) is 15.2. The molecule has 1 aromatic rings. The molecule has 7 heteroatoms. The van der Waals surface area contributed by atoms with Crippen molar-refractivity contribution in [3.8, 4) is 0 Å². The van der Waals surface area contributed by atoms with Gasteiger partial charge in [0.1, 0.15) is 0 Å². The van der Waals surface area contributed by atoms with E-state index < -0.39 is 12.1 Å². The van der Waals surface area contributed by atoms with E-state index in [4.69, 9.17) is 21.4 Å². The Morgan fingerprint density at radius 2 is 2.05 bits per heavy atom. The summed E-state index contributed by atoms with van der Waals surface area (Å²) < 4.78 is 5.29. The Morgan fingerprint density at radius 3 is 2.71 bits per heavy atom. The standard InChI is InChI=1S/C14H17ClN2O4/c15-11-4-2-1-3-9(11)7-16-14(20)17-8-10-5-6-12(21-10)13(18)19/h1-4,10,12H,5-8H2,(H,18,19)(H2,16,17,20). The van der Waals surface area contributed by atoms with Crippen LogP contribution in [0, 0.1) is 0 Å². The molecule has 1 aliphatic rings. The Labute approximate surface area is 127 Å². The number of carbonyl (C=O) groups excluding carboxylic acids is 1. The highest BCUT2D eigenvalue weighted by atomic mass is 35.5. The maximum Gasteiger partial charge on any atom is 0.332 e. The van der Waals surface area contributed by atoms with Crippen LogP contribution in [0.1, 0.15) is 18.4 Å². The number of amides is 2. The minimum absolute atomic E-state index is 0.253. The van der Waals surface area contributed by atoms with Gasteiger partial charge >= 0.3 is 12.0 Å². The molecule has 0 radical (unpaired) electrons. The SMILES string of the molecule is O=C(NCc1ccccc1Cl)NCC1CCC(C(=O)O)O1. The monoisotopic (exact) mass is 312 g/mol. The molecule has 0 aliphatic carbocycles. The lowest BCUT2D eigenvalue weighted by Gasteiger charge is -2.13. The lowest BCUT2D eigenvalue weighted by atomic mass is 10.2. The molecule has 2 unspecified atom stereocenters. The summed E-state index contributed by atoms with van der Waals surface area (Å²) in [7, 11) is 0. The van der Waals surface area contributed by atoms with E-state index in [2.05, 4.69) is 10.6 Å². The number of carboxylic acid groups (broad SMARTS) is 1. The summed E-state index contributed by atoms with van der Waals surface area (Å²) in [6.45, 7) is 0.618. The molecule has 6 nitrogen and oxygen atoms in total. The van der Waals surface area contributed by atoms with Crippen molar-refractivity contribution >= 4 is 23.6 Å². The molecule has 1 heterocycles. The minimum atomic E-state index is -0.958. The summed E-state index contributed by atoms with van der Waals surface area (Å²) >= 11 is 5.99. The van der Waals surface area contributed by atoms with E-state index in [1.807, 2.05) is 18.2 Å². The Bertz CT molecular complexity index is 523. The predicted octanol–water partition coefficient (Wildman–Crippen LogP) is 1.77. The van der Waals surface area contributed by atoms with Gasteiger partial charge < -0.3 is 20.5 Å². The van der Waals surface area contributed by atoms with Gasteiger partial charge in [-0.15, -0.1) is 0 Å². The van der Waals surface area contributed by atoms with Gasteiger partial charge in [-0.05, 0) is 24.5 Å². The van der Waals surface area contributed by atoms with E-state index in [0.29, 0.717) is 24.4 Å². The van der Waals surface area contributed by atoms with E-state index in [1.54, 1.807) is 6.07 Å². The highest BCUT2D eigenvalue weighted by molar-refractivity contribution is 6.31. The van der Waals surface area contributed by atoms with Gasteiger partial charge in [0.05, 0.1) is 6.10 Å². The molecule has 0 saturated carbocycles. The van der Waals surface area contributed by atoms with Crippen molar-refractivity contribution in [3.63, 3.8) is 0 Å². The summed E-state index contributed by atoms with van der Waals surface area (Å²) in [6.07, 6.45) is 0.0881. The van der Waals surface area contributed by atoms with E-state index in [0.717, 1.165) is 5.56 Å². The molecular weight excluding hydrogens is 296 g/mol. The lowest BCUT2D eigenvalue weighted by Crippen LogP contribution is -2.39. The van der Waals surface area contributed by atoms with Crippen molar-refractivity contribution in [2.75, 3.05) is 6.54 Å². The third-order valence-corrected chi connectivity index (χ3v) is 3.64. The average Bonchev–Trinajstić information content (AvgIpc) is 2.93. The van der Waals surface area contributed by atoms with Crippen LogP contribution in [0.2, 0.25) is 5.02 Å². The van der Waals surface area contributed by atoms with Crippen molar-refractivity contribution in [3.05, 3.63) is 34.9 Å². The van der Waals surface area contributed by atoms with E-state index in [9.17, 15) is 9.59 Å². The van der Waals surface area contributed by atoms with Crippen molar-refractivity contribution in [2.45, 2.75) is 31.6 Å². The fourth-order valence-electron chi connectivity index (χ4n) is 2.12. The summed E-state index contributed by atoms with van der Waals surface area (Å²) in [5.74, 6) is -0.958. The smallest absolute Gasteiger partial charge is 0.332 e. The molecule has 0 bridgehead atoms. The number of nitrogens with one attached hydrogen (secondary N) is 2. The molecule has 0 spiro atoms. The van der Waals surface area contributed by atoms with Crippen LogP contribution < -0.4 is 10.6 Å². The number of aliphatic carboxylic acids is 1. The summed E-state index contributed by atoms with van der Waals surface area (Å²) in [6, 6.07) is 6.92. The van der Waals surface area contributed by atoms with Crippen LogP contribution >= 0.6 is 11.6 Å². The lowest BCUT2D eigenvalue weighted by molar-refractivity contribution is -0.149. The second kappa shape index (κ2) is 7.28. The molecule has 3 N–H and O–H groups in total. The van der Waals surface area contributed by atoms with E-state index in [-0.39, 0.29) is 18.7 Å². The van der Waals surface area contributed by atoms with Crippen molar-refractivity contribution in [1.29, 1.82) is 0 Å². The van der Waals surface area contributed by atoms with Gasteiger partial charge in [0, 0.05) is 18.1 Å². The van der Waals surface area contributed by atoms with Crippen LogP contribution in [-0.2, 0) is 16.1 Å². The first-order valence-electron chi connectivity index (χ1n) is 6.69. The fourth-order valence-corrected chi connectivity index (χ4v) is 2.33. The van der Waals surface area contributed by atoms with Gasteiger partial charge in [-0.3, -0.25) is 0 Å². The quantitative estimate of drug-likeness (QED) is 0.773. The molecule has 21 heavy (non-hydrogen) atoms. The maximum absolute atomic E-state index is 11.7. The zero-order valence-electron chi connectivity index (χ0n) is 11.3. The first-order chi connectivity index (χ1) is 10.1. The van der Waals surface area contributed by atoms with E-state index >= 15 is 0 Å². The third kappa shape index (κ3) is 4.61. The largest absolute Gasteiger partial charge is 0.479 e. The third-order valence-electron chi connectivity index (χ3n) is 3.27. The van der Waals surface area contributed by atoms with Crippen LogP contribution in [0.3, 0.4) is 0 Å². The first-order valence-corrected chi connectivity index (χ1v) is 7.07. The summed E-state index contributed by atoms with van der Waals surface area (Å²) in [4.78, 5) is 22.4. The van der Waals surface area contributed by atoms with Crippen LogP contribution in [0.15, 0.2) is 24.3 Å². The number of benzene rings is 1. The van der Waals surface area contributed by atoms with Gasteiger partial charge in [-0.2, -0.15) is 0 Å². The molecule has 2 atom stereocenters. The zero-order valence-corrected chi connectivity index (χ0v) is 12.1. The van der Waals surface area contributed by atoms with Crippen LogP contribution in [0.5, 0.6) is 0 Å². The highest BCUT2D eigenvalue weighted by Crippen LogP contribution is 2.19. The normalized spacial score (nSPS) is 21.0. The number of hydrogen-bond donors (Lipinski definition) is 3. The summed E-state index contributed by atoms with van der Waals surface area (Å²) in [5, 5.41) is 14.8. The number of hydrogen-bond acceptors (Lipinski definition) is 3. The first kappa shape index (κ1) is 15.6. The number of carboxylic acids is 1. The Hall–Kier alpha value is -1.79. The molecule has 2 rings (SSSR count). The molecular formula is C14H17ClN2O4. The molecule has 0 aromatic heterocycles. The second-order valence-electron chi connectivity index (χ2n) is 4.82. The minimum Gasteiger partial charge on any atom is -0.479 e. The van der Waals surface area contributed by atoms with Gasteiger partial charge in [-0.1, -0.05) is 29.8 Å². The van der Waals surface area contributed by atoms with Gasteiger partial charge in [0.25, 0.3) is 0 Å². The number of carbonyl (C=O) groups is 2. The molecule has 1 fully saturated rings. The highest BCUT2D eigenvalue weighted by Gasteiger charge is 2.30. The Balaban J connectivity index is 1.69. The van der Waals surface area contributed by atoms with E-state index in [1.165, 1.54) is 0 Å². The fraction of sp³-hybridized carbons (Fsp3) is 0.429. The number of ether oxygens (including phenoxy) is 1. The molecule has 114 valence electrons. The number of urea groups is 1. The molecule has 1 aromatic carbocycles. The van der Waals surface area contributed by atoms with Gasteiger partial charge in [0.2, 0.25) is 0 Å².